The van der Waals surface area contributed by atoms with Crippen molar-refractivity contribution in [2.45, 2.75) is 6.54 Å². The summed E-state index contributed by atoms with van der Waals surface area (Å²) in [6.07, 6.45) is 0.250. The quantitative estimate of drug-likeness (QED) is 0.555. The molecule has 0 saturated heterocycles. The normalized spacial score (nSPS) is 9.93. The molecular weight excluding hydrogens is 176 g/mol. The van der Waals surface area contributed by atoms with E-state index < -0.39 is 0 Å². The Bertz CT molecular complexity index is 252. The highest BCUT2D eigenvalue weighted by molar-refractivity contribution is 5.42. The molecule has 1 amide bonds. The number of benzene rings is 1. The van der Waals surface area contributed by atoms with Crippen LogP contribution in [0.1, 0.15) is 5.56 Å². The molecule has 1 rings (SSSR count). The number of hydrogen-bond donors (Lipinski definition) is 1. The van der Waals surface area contributed by atoms with Crippen molar-refractivity contribution in [3.63, 3.8) is 0 Å². The van der Waals surface area contributed by atoms with Gasteiger partial charge in [0.25, 0.3) is 0 Å². The molecule has 14 heavy (non-hydrogen) atoms. The first-order valence-corrected chi connectivity index (χ1v) is 4.49. The van der Waals surface area contributed by atoms with Gasteiger partial charge in [-0.15, -0.1) is 0 Å². The SMILES string of the molecule is C[N+](C)(C)Cc1ccccc1.NC=O. The van der Waals surface area contributed by atoms with Crippen LogP contribution in [0.2, 0.25) is 0 Å². The van der Waals surface area contributed by atoms with Gasteiger partial charge in [0.05, 0.1) is 21.1 Å². The summed E-state index contributed by atoms with van der Waals surface area (Å²) >= 11 is 0. The first kappa shape index (κ1) is 12.7. The molecule has 0 unspecified atom stereocenters. The van der Waals surface area contributed by atoms with Crippen molar-refractivity contribution in [1.29, 1.82) is 0 Å². The maximum Gasteiger partial charge on any atom is 0.204 e. The van der Waals surface area contributed by atoms with Crippen molar-refractivity contribution in [2.24, 2.45) is 5.73 Å². The molecule has 78 valence electrons. The van der Waals surface area contributed by atoms with Crippen LogP contribution in [0, 0.1) is 0 Å². The molecule has 0 aliphatic heterocycles. The van der Waals surface area contributed by atoms with Gasteiger partial charge >= 0.3 is 0 Å². The van der Waals surface area contributed by atoms with E-state index in [1.807, 2.05) is 0 Å². The van der Waals surface area contributed by atoms with Crippen LogP contribution in [-0.2, 0) is 11.3 Å². The summed E-state index contributed by atoms with van der Waals surface area (Å²) in [6, 6.07) is 10.6. The lowest BCUT2D eigenvalue weighted by atomic mass is 10.2. The van der Waals surface area contributed by atoms with Gasteiger partial charge in [0.15, 0.2) is 0 Å². The largest absolute Gasteiger partial charge is 0.372 e. The van der Waals surface area contributed by atoms with E-state index in [0.717, 1.165) is 11.0 Å². The number of carbonyl (C=O) groups is 1. The Balaban J connectivity index is 0.000000500. The minimum Gasteiger partial charge on any atom is -0.372 e. The van der Waals surface area contributed by atoms with E-state index in [2.05, 4.69) is 57.2 Å². The molecule has 3 heteroatoms. The number of hydrogen-bond acceptors (Lipinski definition) is 1. The number of nitrogens with two attached hydrogens (primary N) is 1. The van der Waals surface area contributed by atoms with Crippen LogP contribution < -0.4 is 5.73 Å². The highest BCUT2D eigenvalue weighted by atomic mass is 16.1. The highest BCUT2D eigenvalue weighted by Gasteiger charge is 2.06. The summed E-state index contributed by atoms with van der Waals surface area (Å²) in [4.78, 5) is 8.58. The zero-order valence-corrected chi connectivity index (χ0v) is 9.10. The van der Waals surface area contributed by atoms with Gasteiger partial charge in [-0.1, -0.05) is 30.3 Å². The van der Waals surface area contributed by atoms with E-state index in [1.165, 1.54) is 5.56 Å². The fraction of sp³-hybridized carbons (Fsp3) is 0.364. The number of primary amides is 1. The van der Waals surface area contributed by atoms with E-state index in [0.29, 0.717) is 0 Å². The average Bonchev–Trinajstić information content (AvgIpc) is 2.04. The van der Waals surface area contributed by atoms with Gasteiger partial charge in [-0.25, -0.2) is 0 Å². The summed E-state index contributed by atoms with van der Waals surface area (Å²) in [5.74, 6) is 0. The summed E-state index contributed by atoms with van der Waals surface area (Å²) < 4.78 is 0.990. The predicted octanol–water partition coefficient (Wildman–Crippen LogP) is 0.994. The Morgan fingerprint density at radius 1 is 1.21 bits per heavy atom. The van der Waals surface area contributed by atoms with Crippen LogP contribution in [0.15, 0.2) is 30.3 Å². The van der Waals surface area contributed by atoms with Crippen molar-refractivity contribution >= 4 is 6.41 Å². The molecule has 0 saturated carbocycles. The van der Waals surface area contributed by atoms with Gasteiger partial charge < -0.3 is 10.2 Å². The molecule has 3 nitrogen and oxygen atoms in total. The van der Waals surface area contributed by atoms with Crippen molar-refractivity contribution in [1.82, 2.24) is 0 Å². The van der Waals surface area contributed by atoms with Crippen molar-refractivity contribution < 1.29 is 9.28 Å². The molecular formula is C11H19N2O+. The number of rotatable bonds is 2. The third-order valence-corrected chi connectivity index (χ3v) is 1.50. The highest BCUT2D eigenvalue weighted by Crippen LogP contribution is 2.04. The van der Waals surface area contributed by atoms with Crippen LogP contribution in [0.3, 0.4) is 0 Å². The first-order valence-electron chi connectivity index (χ1n) is 4.49. The molecule has 0 fully saturated rings. The van der Waals surface area contributed by atoms with E-state index in [-0.39, 0.29) is 6.41 Å². The standard InChI is InChI=1S/C10H16N.CH3NO/c1-11(2,3)9-10-7-5-4-6-8-10;2-1-3/h4-8H,9H2,1-3H3;1H,(H2,2,3)/q+1;. The van der Waals surface area contributed by atoms with Gasteiger partial charge in [-0.3, -0.25) is 4.79 Å². The van der Waals surface area contributed by atoms with Gasteiger partial charge in [-0.2, -0.15) is 0 Å². The van der Waals surface area contributed by atoms with Crippen LogP contribution >= 0.6 is 0 Å². The minimum atomic E-state index is 0.250. The smallest absolute Gasteiger partial charge is 0.204 e. The van der Waals surface area contributed by atoms with Crippen LogP contribution in [0.5, 0.6) is 0 Å². The van der Waals surface area contributed by atoms with Gasteiger partial charge in [0.1, 0.15) is 6.54 Å². The van der Waals surface area contributed by atoms with E-state index in [1.54, 1.807) is 0 Å². The Kier molecular flexibility index (Phi) is 5.56. The number of carbonyl (C=O) groups excluding carboxylic acids is 1. The first-order chi connectivity index (χ1) is 6.49. The second-order valence-electron chi connectivity index (χ2n) is 4.07. The van der Waals surface area contributed by atoms with Crippen molar-refractivity contribution in [3.8, 4) is 0 Å². The minimum absolute atomic E-state index is 0.250. The van der Waals surface area contributed by atoms with Gasteiger partial charge in [0, 0.05) is 5.56 Å². The van der Waals surface area contributed by atoms with Gasteiger partial charge in [0.2, 0.25) is 6.41 Å². The summed E-state index contributed by atoms with van der Waals surface area (Å²) in [5, 5.41) is 0. The molecule has 1 aromatic rings. The monoisotopic (exact) mass is 195 g/mol. The maximum atomic E-state index is 8.58. The lowest BCUT2D eigenvalue weighted by molar-refractivity contribution is -0.884. The third-order valence-electron chi connectivity index (χ3n) is 1.50. The lowest BCUT2D eigenvalue weighted by Crippen LogP contribution is -2.33. The Morgan fingerprint density at radius 3 is 2.00 bits per heavy atom. The zero-order chi connectivity index (χ0) is 11.0. The molecule has 0 heterocycles. The molecule has 0 spiro atoms. The molecule has 0 aliphatic carbocycles. The summed E-state index contributed by atoms with van der Waals surface area (Å²) in [7, 11) is 6.60. The second kappa shape index (κ2) is 6.16. The molecule has 1 aromatic carbocycles. The zero-order valence-electron chi connectivity index (χ0n) is 9.10. The maximum absolute atomic E-state index is 8.58. The van der Waals surface area contributed by atoms with E-state index in [9.17, 15) is 0 Å². The lowest BCUT2D eigenvalue weighted by Gasteiger charge is -2.23. The van der Waals surface area contributed by atoms with Crippen LogP contribution in [0.25, 0.3) is 0 Å². The number of nitrogens with zero attached hydrogens (tertiary/aromatic N) is 1. The summed E-state index contributed by atoms with van der Waals surface area (Å²) in [6.45, 7) is 1.10. The topological polar surface area (TPSA) is 43.1 Å². The Morgan fingerprint density at radius 2 is 1.64 bits per heavy atom. The Hall–Kier alpha value is -1.35. The van der Waals surface area contributed by atoms with E-state index in [4.69, 9.17) is 4.79 Å². The van der Waals surface area contributed by atoms with Crippen molar-refractivity contribution in [2.75, 3.05) is 21.1 Å². The average molecular weight is 195 g/mol. The predicted molar refractivity (Wildman–Crippen MR) is 58.4 cm³/mol. The second-order valence-corrected chi connectivity index (χ2v) is 4.07. The van der Waals surface area contributed by atoms with E-state index >= 15 is 0 Å². The fourth-order valence-electron chi connectivity index (χ4n) is 1.13. The molecule has 2 N–H and O–H groups in total. The molecule has 0 aliphatic rings. The number of quaternary nitrogens is 1. The molecule has 0 bridgehead atoms. The number of amides is 1. The fourth-order valence-corrected chi connectivity index (χ4v) is 1.13. The Labute approximate surface area is 85.7 Å². The van der Waals surface area contributed by atoms with Crippen molar-refractivity contribution in [3.05, 3.63) is 35.9 Å². The van der Waals surface area contributed by atoms with Gasteiger partial charge in [-0.05, 0) is 0 Å². The molecule has 0 atom stereocenters. The molecule has 0 radical (unpaired) electrons. The molecule has 0 aromatic heterocycles. The van der Waals surface area contributed by atoms with Crippen LogP contribution in [0.4, 0.5) is 0 Å². The third kappa shape index (κ3) is 7.31. The van der Waals surface area contributed by atoms with Crippen LogP contribution in [-0.4, -0.2) is 32.0 Å². The summed E-state index contributed by atoms with van der Waals surface area (Å²) in [5.41, 5.74) is 5.57.